The number of carbonyl (C=O) groups is 2. The van der Waals surface area contributed by atoms with Crippen LogP contribution in [0, 0.1) is 5.82 Å². The third-order valence-electron chi connectivity index (χ3n) is 5.08. The first-order valence-corrected chi connectivity index (χ1v) is 11.2. The minimum Gasteiger partial charge on any atom is -0.406 e. The number of halogens is 4. The molecule has 2 heterocycles. The van der Waals surface area contributed by atoms with E-state index in [1.165, 1.54) is 54.3 Å². The van der Waals surface area contributed by atoms with Crippen LogP contribution in [0.4, 0.5) is 34.2 Å². The minimum atomic E-state index is -4.83. The Balaban J connectivity index is 1.61. The zero-order chi connectivity index (χ0) is 26.9. The lowest BCUT2D eigenvalue weighted by atomic mass is 10.1. The van der Waals surface area contributed by atoms with Gasteiger partial charge >= 0.3 is 6.36 Å². The van der Waals surface area contributed by atoms with Crippen LogP contribution < -0.4 is 21.1 Å². The molecule has 0 fully saturated rings. The molecule has 9 nitrogen and oxygen atoms in total. The van der Waals surface area contributed by atoms with E-state index in [1.54, 1.807) is 0 Å². The summed E-state index contributed by atoms with van der Waals surface area (Å²) in [7, 11) is 0. The molecule has 2 aromatic carbocycles. The molecule has 4 N–H and O–H groups in total. The summed E-state index contributed by atoms with van der Waals surface area (Å²) in [6, 6.07) is 10.4. The van der Waals surface area contributed by atoms with Crippen molar-refractivity contribution in [1.29, 1.82) is 0 Å². The van der Waals surface area contributed by atoms with Crippen molar-refractivity contribution in [3.05, 3.63) is 71.1 Å². The van der Waals surface area contributed by atoms with Gasteiger partial charge < -0.3 is 25.6 Å². The summed E-state index contributed by atoms with van der Waals surface area (Å²) < 4.78 is 59.5. The zero-order valence-electron chi connectivity index (χ0n) is 18.8. The molecular formula is C23H17F4N5O4S. The fourth-order valence-corrected chi connectivity index (χ4v) is 4.30. The number of alkyl halides is 3. The Hall–Kier alpha value is -4.46. The fraction of sp³-hybridized carbons (Fsp3) is 0.130. The molecule has 0 radical (unpaired) electrons. The topological polar surface area (TPSA) is 138 Å². The molecule has 0 saturated heterocycles. The summed E-state index contributed by atoms with van der Waals surface area (Å²) in [6.45, 7) is 1.51. The number of ketones is 1. The number of nitrogen functional groups attached to an aromatic ring is 1. The largest absolute Gasteiger partial charge is 0.573 e. The van der Waals surface area contributed by atoms with E-state index in [2.05, 4.69) is 14.9 Å². The highest BCUT2D eigenvalue weighted by atomic mass is 32.1. The van der Waals surface area contributed by atoms with Crippen molar-refractivity contribution in [2.45, 2.75) is 19.3 Å². The SMILES string of the molecule is CC(C(N)=O)N(c1ccc(F)cc1)c1nc(N)c(C(=O)c2cc(-c3ccc(OC(F)(F)F)cc3)no2)s1. The van der Waals surface area contributed by atoms with Crippen molar-refractivity contribution in [2.75, 3.05) is 10.6 Å². The van der Waals surface area contributed by atoms with Gasteiger partial charge in [-0.05, 0) is 55.5 Å². The van der Waals surface area contributed by atoms with Gasteiger partial charge in [0.05, 0.1) is 0 Å². The number of amides is 1. The number of nitrogens with zero attached hydrogens (tertiary/aromatic N) is 3. The van der Waals surface area contributed by atoms with Crippen molar-refractivity contribution >= 4 is 39.7 Å². The van der Waals surface area contributed by atoms with Crippen molar-refractivity contribution in [2.24, 2.45) is 5.73 Å². The van der Waals surface area contributed by atoms with E-state index in [4.69, 9.17) is 16.0 Å². The van der Waals surface area contributed by atoms with Gasteiger partial charge in [-0.15, -0.1) is 13.2 Å². The van der Waals surface area contributed by atoms with Gasteiger partial charge in [0.2, 0.25) is 17.5 Å². The molecule has 4 aromatic rings. The normalized spacial score (nSPS) is 12.2. The Bertz CT molecular complexity index is 1430. The van der Waals surface area contributed by atoms with E-state index in [1.807, 2.05) is 0 Å². The second kappa shape index (κ2) is 9.89. The van der Waals surface area contributed by atoms with E-state index in [0.29, 0.717) is 11.3 Å². The molecule has 37 heavy (non-hydrogen) atoms. The summed E-state index contributed by atoms with van der Waals surface area (Å²) >= 11 is 0.855. The van der Waals surface area contributed by atoms with Crippen molar-refractivity contribution in [3.8, 4) is 17.0 Å². The zero-order valence-corrected chi connectivity index (χ0v) is 19.6. The molecule has 2 aromatic heterocycles. The lowest BCUT2D eigenvalue weighted by Gasteiger charge is -2.26. The van der Waals surface area contributed by atoms with Gasteiger partial charge in [0.1, 0.15) is 34.0 Å². The molecule has 1 amide bonds. The summed E-state index contributed by atoms with van der Waals surface area (Å²) in [4.78, 5) is 30.6. The van der Waals surface area contributed by atoms with E-state index in [9.17, 15) is 27.2 Å². The first-order valence-electron chi connectivity index (χ1n) is 10.4. The Labute approximate surface area is 210 Å². The molecule has 0 spiro atoms. The number of nitrogens with two attached hydrogens (primary N) is 2. The summed E-state index contributed by atoms with van der Waals surface area (Å²) in [5.41, 5.74) is 12.4. The lowest BCUT2D eigenvalue weighted by Crippen LogP contribution is -2.39. The molecule has 4 rings (SSSR count). The molecule has 14 heteroatoms. The standard InChI is InChI=1S/C23H17F4N5O4S/c1-11(21(29)34)32(14-6-4-13(24)5-7-14)22-30-20(28)19(37-22)18(33)17-10-16(31-36-17)12-2-8-15(9-3-12)35-23(25,26)27/h2-11H,28H2,1H3,(H2,29,34). The van der Waals surface area contributed by atoms with Crippen LogP contribution >= 0.6 is 11.3 Å². The van der Waals surface area contributed by atoms with E-state index in [0.717, 1.165) is 23.5 Å². The molecule has 0 aliphatic heterocycles. The number of aromatic nitrogens is 2. The van der Waals surface area contributed by atoms with Crippen LogP contribution in [0.2, 0.25) is 0 Å². The minimum absolute atomic E-state index is 0.0181. The van der Waals surface area contributed by atoms with E-state index in [-0.39, 0.29) is 27.3 Å². The maximum Gasteiger partial charge on any atom is 0.573 e. The molecule has 1 unspecified atom stereocenters. The molecule has 1 atom stereocenters. The van der Waals surface area contributed by atoms with Crippen LogP contribution in [0.15, 0.2) is 59.1 Å². The number of hydrogen-bond donors (Lipinski definition) is 2. The fourth-order valence-electron chi connectivity index (χ4n) is 3.27. The predicted molar refractivity (Wildman–Crippen MR) is 126 cm³/mol. The number of hydrogen-bond acceptors (Lipinski definition) is 9. The first-order chi connectivity index (χ1) is 17.4. The smallest absolute Gasteiger partial charge is 0.406 e. The highest BCUT2D eigenvalue weighted by Crippen LogP contribution is 2.36. The Morgan fingerprint density at radius 1 is 1.11 bits per heavy atom. The average Bonchev–Trinajstić information content (AvgIpc) is 3.47. The van der Waals surface area contributed by atoms with Gasteiger partial charge in [0.15, 0.2) is 5.13 Å². The van der Waals surface area contributed by atoms with Gasteiger partial charge in [0.25, 0.3) is 0 Å². The van der Waals surface area contributed by atoms with E-state index < -0.39 is 35.7 Å². The molecular weight excluding hydrogens is 518 g/mol. The van der Waals surface area contributed by atoms with Crippen LogP contribution in [0.5, 0.6) is 5.75 Å². The van der Waals surface area contributed by atoms with Gasteiger partial charge in [-0.1, -0.05) is 16.5 Å². The number of primary amides is 1. The molecule has 0 saturated carbocycles. The van der Waals surface area contributed by atoms with Crippen molar-refractivity contribution in [1.82, 2.24) is 10.1 Å². The van der Waals surface area contributed by atoms with Crippen LogP contribution in [-0.2, 0) is 4.79 Å². The van der Waals surface area contributed by atoms with Gasteiger partial charge in [-0.2, -0.15) is 0 Å². The van der Waals surface area contributed by atoms with Gasteiger partial charge in [-0.3, -0.25) is 9.59 Å². The van der Waals surface area contributed by atoms with E-state index >= 15 is 0 Å². The maximum atomic E-state index is 13.4. The summed E-state index contributed by atoms with van der Waals surface area (Å²) in [5.74, 6) is -2.63. The van der Waals surface area contributed by atoms with Crippen LogP contribution in [0.1, 0.15) is 22.4 Å². The second-order valence-corrected chi connectivity index (χ2v) is 8.59. The maximum absolute atomic E-state index is 13.4. The Morgan fingerprint density at radius 2 is 1.76 bits per heavy atom. The number of ether oxygens (including phenoxy) is 1. The number of benzene rings is 2. The lowest BCUT2D eigenvalue weighted by molar-refractivity contribution is -0.274. The number of thiazole rings is 1. The molecule has 0 aliphatic rings. The highest BCUT2D eigenvalue weighted by Gasteiger charge is 2.31. The van der Waals surface area contributed by atoms with Crippen molar-refractivity contribution < 1.29 is 36.4 Å². The Morgan fingerprint density at radius 3 is 2.35 bits per heavy atom. The third kappa shape index (κ3) is 5.69. The first kappa shape index (κ1) is 25.6. The number of anilines is 3. The van der Waals surface area contributed by atoms with Gasteiger partial charge in [0, 0.05) is 17.3 Å². The quantitative estimate of drug-likeness (QED) is 0.245. The highest BCUT2D eigenvalue weighted by molar-refractivity contribution is 7.18. The number of carbonyl (C=O) groups excluding carboxylic acids is 2. The molecule has 192 valence electrons. The second-order valence-electron chi connectivity index (χ2n) is 7.61. The monoisotopic (exact) mass is 535 g/mol. The number of rotatable bonds is 8. The van der Waals surface area contributed by atoms with Crippen molar-refractivity contribution in [3.63, 3.8) is 0 Å². The molecule has 0 aliphatic carbocycles. The van der Waals surface area contributed by atoms with Crippen LogP contribution in [0.25, 0.3) is 11.3 Å². The molecule has 0 bridgehead atoms. The predicted octanol–water partition coefficient (Wildman–Crippen LogP) is 4.66. The average molecular weight is 535 g/mol. The van der Waals surface area contributed by atoms with Crippen LogP contribution in [-0.4, -0.2) is 34.2 Å². The third-order valence-corrected chi connectivity index (χ3v) is 6.15. The van der Waals surface area contributed by atoms with Crippen LogP contribution in [0.3, 0.4) is 0 Å². The Kier molecular flexibility index (Phi) is 6.85. The summed E-state index contributed by atoms with van der Waals surface area (Å²) in [6.07, 6.45) is -4.83. The summed E-state index contributed by atoms with van der Waals surface area (Å²) in [5, 5.41) is 3.95. The van der Waals surface area contributed by atoms with Gasteiger partial charge in [-0.25, -0.2) is 9.37 Å².